The van der Waals surface area contributed by atoms with Crippen molar-refractivity contribution < 1.29 is 8.81 Å². The molecule has 1 N–H and O–H groups in total. The van der Waals surface area contributed by atoms with E-state index in [0.717, 1.165) is 57.1 Å². The number of hydrogen-bond donors (Lipinski definition) is 1. The Morgan fingerprint density at radius 3 is 2.75 bits per heavy atom. The van der Waals surface area contributed by atoms with Crippen molar-refractivity contribution in [1.29, 1.82) is 0 Å². The second-order valence-corrected chi connectivity index (χ2v) is 6.61. The first-order valence-electron chi connectivity index (χ1n) is 8.65. The fourth-order valence-electron chi connectivity index (χ4n) is 3.63. The van der Waals surface area contributed by atoms with Gasteiger partial charge in [0.2, 0.25) is 5.89 Å². The minimum absolute atomic E-state index is 0.249. The van der Waals surface area contributed by atoms with Gasteiger partial charge in [-0.1, -0.05) is 0 Å². The van der Waals surface area contributed by atoms with Crippen molar-refractivity contribution >= 4 is 0 Å². The van der Waals surface area contributed by atoms with E-state index in [2.05, 4.69) is 20.1 Å². The molecule has 128 valence electrons. The minimum atomic E-state index is -0.249. The van der Waals surface area contributed by atoms with Gasteiger partial charge < -0.3 is 9.73 Å². The SMILES string of the molecule is Fc1ccc(-c2nc(CN3CCC(N4CCNCC4)C3)co2)cc1. The van der Waals surface area contributed by atoms with E-state index >= 15 is 0 Å². The van der Waals surface area contributed by atoms with Gasteiger partial charge in [0.1, 0.15) is 12.1 Å². The molecule has 0 spiro atoms. The van der Waals surface area contributed by atoms with Crippen molar-refractivity contribution in [1.82, 2.24) is 20.1 Å². The summed E-state index contributed by atoms with van der Waals surface area (Å²) < 4.78 is 18.6. The highest BCUT2D eigenvalue weighted by molar-refractivity contribution is 5.52. The van der Waals surface area contributed by atoms with Crippen LogP contribution in [0.3, 0.4) is 0 Å². The third-order valence-corrected chi connectivity index (χ3v) is 4.94. The van der Waals surface area contributed by atoms with Gasteiger partial charge in [-0.05, 0) is 30.7 Å². The molecule has 3 heterocycles. The summed E-state index contributed by atoms with van der Waals surface area (Å²) in [4.78, 5) is 9.60. The number of aromatic nitrogens is 1. The molecule has 2 aromatic rings. The molecule has 0 saturated carbocycles. The predicted octanol–water partition coefficient (Wildman–Crippen LogP) is 1.96. The first kappa shape index (κ1) is 15.7. The largest absolute Gasteiger partial charge is 0.444 e. The van der Waals surface area contributed by atoms with Crippen LogP contribution in [0.1, 0.15) is 12.1 Å². The number of hydrogen-bond acceptors (Lipinski definition) is 5. The minimum Gasteiger partial charge on any atom is -0.444 e. The number of halogens is 1. The van der Waals surface area contributed by atoms with Crippen LogP contribution in [0, 0.1) is 5.82 Å². The van der Waals surface area contributed by atoms with Gasteiger partial charge in [-0.3, -0.25) is 9.80 Å². The molecule has 4 rings (SSSR count). The van der Waals surface area contributed by atoms with Gasteiger partial charge >= 0.3 is 0 Å². The number of benzene rings is 1. The first-order chi connectivity index (χ1) is 11.8. The standard InChI is InChI=1S/C18H23FN4O/c19-15-3-1-14(2-4-15)18-21-16(13-24-18)11-22-8-5-17(12-22)23-9-6-20-7-10-23/h1-4,13,17,20H,5-12H2. The molecule has 1 unspecified atom stereocenters. The molecule has 5 nitrogen and oxygen atoms in total. The lowest BCUT2D eigenvalue weighted by atomic mass is 10.2. The van der Waals surface area contributed by atoms with E-state index in [1.54, 1.807) is 18.4 Å². The summed E-state index contributed by atoms with van der Waals surface area (Å²) in [6, 6.07) is 6.91. The Kier molecular flexibility index (Phi) is 4.60. The van der Waals surface area contributed by atoms with Crippen LogP contribution >= 0.6 is 0 Å². The molecule has 2 aliphatic heterocycles. The molecule has 0 amide bonds. The molecule has 1 atom stereocenters. The molecule has 2 fully saturated rings. The molecule has 0 bridgehead atoms. The van der Waals surface area contributed by atoms with Crippen LogP contribution in [0.25, 0.3) is 11.5 Å². The van der Waals surface area contributed by atoms with Gasteiger partial charge in [-0.2, -0.15) is 0 Å². The van der Waals surface area contributed by atoms with E-state index < -0.39 is 0 Å². The van der Waals surface area contributed by atoms with Crippen LogP contribution in [-0.4, -0.2) is 60.1 Å². The maximum Gasteiger partial charge on any atom is 0.226 e. The quantitative estimate of drug-likeness (QED) is 0.928. The third-order valence-electron chi connectivity index (χ3n) is 4.94. The molecule has 6 heteroatoms. The maximum atomic E-state index is 13.0. The van der Waals surface area contributed by atoms with Crippen molar-refractivity contribution in [2.75, 3.05) is 39.3 Å². The number of nitrogens with zero attached hydrogens (tertiary/aromatic N) is 3. The lowest BCUT2D eigenvalue weighted by Gasteiger charge is -2.32. The van der Waals surface area contributed by atoms with Crippen LogP contribution < -0.4 is 5.32 Å². The van der Waals surface area contributed by atoms with Gasteiger partial charge in [0.15, 0.2) is 0 Å². The van der Waals surface area contributed by atoms with Crippen LogP contribution in [-0.2, 0) is 6.54 Å². The summed E-state index contributed by atoms with van der Waals surface area (Å²) in [6.07, 6.45) is 2.94. The second kappa shape index (κ2) is 7.01. The van der Waals surface area contributed by atoms with E-state index in [0.29, 0.717) is 11.9 Å². The summed E-state index contributed by atoms with van der Waals surface area (Å²) in [5, 5.41) is 3.41. The fraction of sp³-hybridized carbons (Fsp3) is 0.500. The van der Waals surface area contributed by atoms with Crippen molar-refractivity contribution in [3.8, 4) is 11.5 Å². The van der Waals surface area contributed by atoms with Crippen LogP contribution in [0.5, 0.6) is 0 Å². The third kappa shape index (κ3) is 3.50. The Labute approximate surface area is 141 Å². The summed E-state index contributed by atoms with van der Waals surface area (Å²) >= 11 is 0. The zero-order chi connectivity index (χ0) is 16.4. The smallest absolute Gasteiger partial charge is 0.226 e. The molecule has 2 aliphatic rings. The number of nitrogens with one attached hydrogen (secondary N) is 1. The zero-order valence-electron chi connectivity index (χ0n) is 13.7. The van der Waals surface area contributed by atoms with Gasteiger partial charge in [-0.25, -0.2) is 9.37 Å². The van der Waals surface area contributed by atoms with Crippen LogP contribution in [0.2, 0.25) is 0 Å². The van der Waals surface area contributed by atoms with E-state index in [9.17, 15) is 4.39 Å². The van der Waals surface area contributed by atoms with Gasteiger partial charge in [0.25, 0.3) is 0 Å². The van der Waals surface area contributed by atoms with Gasteiger partial charge in [0, 0.05) is 57.4 Å². The highest BCUT2D eigenvalue weighted by Crippen LogP contribution is 2.22. The monoisotopic (exact) mass is 330 g/mol. The molecule has 0 aliphatic carbocycles. The molecule has 24 heavy (non-hydrogen) atoms. The lowest BCUT2D eigenvalue weighted by molar-refractivity contribution is 0.170. The Hall–Kier alpha value is -1.76. The maximum absolute atomic E-state index is 13.0. The van der Waals surface area contributed by atoms with E-state index in [-0.39, 0.29) is 5.82 Å². The highest BCUT2D eigenvalue weighted by atomic mass is 19.1. The summed E-state index contributed by atoms with van der Waals surface area (Å²) in [7, 11) is 0. The number of rotatable bonds is 4. The van der Waals surface area contributed by atoms with Crippen molar-refractivity contribution in [3.63, 3.8) is 0 Å². The van der Waals surface area contributed by atoms with Gasteiger partial charge in [-0.15, -0.1) is 0 Å². The summed E-state index contributed by atoms with van der Waals surface area (Å²) in [5.41, 5.74) is 1.75. The Bertz CT molecular complexity index is 666. The Morgan fingerprint density at radius 1 is 1.17 bits per heavy atom. The summed E-state index contributed by atoms with van der Waals surface area (Å²) in [6.45, 7) is 7.51. The average Bonchev–Trinajstić information content (AvgIpc) is 3.27. The Morgan fingerprint density at radius 2 is 1.96 bits per heavy atom. The van der Waals surface area contributed by atoms with Crippen molar-refractivity contribution in [2.45, 2.75) is 19.0 Å². The normalized spacial score (nSPS) is 23.0. The second-order valence-electron chi connectivity index (χ2n) is 6.61. The number of likely N-dealkylation sites (tertiary alicyclic amines) is 1. The topological polar surface area (TPSA) is 44.5 Å². The molecule has 1 aromatic heterocycles. The van der Waals surface area contributed by atoms with E-state index in [4.69, 9.17) is 4.42 Å². The van der Waals surface area contributed by atoms with Crippen molar-refractivity contribution in [3.05, 3.63) is 42.0 Å². The zero-order valence-corrected chi connectivity index (χ0v) is 13.7. The van der Waals surface area contributed by atoms with E-state index in [1.807, 2.05) is 0 Å². The Balaban J connectivity index is 1.35. The average molecular weight is 330 g/mol. The summed E-state index contributed by atoms with van der Waals surface area (Å²) in [5.74, 6) is 0.310. The molecule has 1 aromatic carbocycles. The fourth-order valence-corrected chi connectivity index (χ4v) is 3.63. The number of oxazole rings is 1. The van der Waals surface area contributed by atoms with Crippen LogP contribution in [0.4, 0.5) is 4.39 Å². The highest BCUT2D eigenvalue weighted by Gasteiger charge is 2.28. The van der Waals surface area contributed by atoms with Crippen LogP contribution in [0.15, 0.2) is 34.9 Å². The molecule has 2 saturated heterocycles. The van der Waals surface area contributed by atoms with Gasteiger partial charge in [0.05, 0.1) is 5.69 Å². The predicted molar refractivity (Wildman–Crippen MR) is 90.0 cm³/mol. The molecule has 0 radical (unpaired) electrons. The van der Waals surface area contributed by atoms with E-state index in [1.165, 1.54) is 18.6 Å². The lowest BCUT2D eigenvalue weighted by Crippen LogP contribution is -2.49. The van der Waals surface area contributed by atoms with Crippen molar-refractivity contribution in [2.24, 2.45) is 0 Å². The molecular weight excluding hydrogens is 307 g/mol. The first-order valence-corrected chi connectivity index (χ1v) is 8.65. The molecular formula is C18H23FN4O. The number of piperazine rings is 1.